The fourth-order valence-corrected chi connectivity index (χ4v) is 2.52. The van der Waals surface area contributed by atoms with Gasteiger partial charge in [0.25, 0.3) is 0 Å². The Kier molecular flexibility index (Phi) is 3.97. The molecular formula is C13H19ClN2O2. The van der Waals surface area contributed by atoms with Crippen LogP contribution in [0.4, 0.5) is 0 Å². The Labute approximate surface area is 112 Å². The highest BCUT2D eigenvalue weighted by atomic mass is 35.5. The Morgan fingerprint density at radius 1 is 1.39 bits per heavy atom. The maximum absolute atomic E-state index is 12.0. The van der Waals surface area contributed by atoms with Gasteiger partial charge in [-0.05, 0) is 26.8 Å². The number of ketones is 1. The molecule has 0 aromatic carbocycles. The first-order chi connectivity index (χ1) is 8.52. The van der Waals surface area contributed by atoms with Gasteiger partial charge >= 0.3 is 0 Å². The van der Waals surface area contributed by atoms with E-state index < -0.39 is 5.38 Å². The zero-order valence-corrected chi connectivity index (χ0v) is 11.8. The molecule has 0 saturated carbocycles. The number of morpholine rings is 1. The zero-order chi connectivity index (χ0) is 13.3. The summed E-state index contributed by atoms with van der Waals surface area (Å²) in [5.74, 6) is -0.00993. The Morgan fingerprint density at radius 3 is 2.56 bits per heavy atom. The first-order valence-electron chi connectivity index (χ1n) is 6.22. The molecule has 1 saturated heterocycles. The minimum Gasteiger partial charge on any atom is -0.378 e. The number of carbonyl (C=O) groups excluding carboxylic acids is 1. The van der Waals surface area contributed by atoms with E-state index in [0.717, 1.165) is 43.3 Å². The van der Waals surface area contributed by atoms with Gasteiger partial charge in [0, 0.05) is 17.0 Å². The van der Waals surface area contributed by atoms with E-state index in [1.54, 1.807) is 6.92 Å². The summed E-state index contributed by atoms with van der Waals surface area (Å²) >= 11 is 5.89. The Bertz CT molecular complexity index is 448. The molecule has 0 amide bonds. The van der Waals surface area contributed by atoms with Crippen molar-refractivity contribution < 1.29 is 9.53 Å². The minimum atomic E-state index is -0.483. The van der Waals surface area contributed by atoms with Crippen LogP contribution in [0.25, 0.3) is 0 Å². The second-order valence-electron chi connectivity index (χ2n) is 4.64. The number of rotatable bonds is 3. The van der Waals surface area contributed by atoms with Crippen molar-refractivity contribution in [3.8, 4) is 0 Å². The van der Waals surface area contributed by atoms with Crippen LogP contribution in [0.15, 0.2) is 6.07 Å². The topological polar surface area (TPSA) is 34.5 Å². The van der Waals surface area contributed by atoms with Gasteiger partial charge < -0.3 is 9.75 Å². The van der Waals surface area contributed by atoms with E-state index >= 15 is 0 Å². The van der Waals surface area contributed by atoms with E-state index in [9.17, 15) is 4.79 Å². The molecule has 0 radical (unpaired) electrons. The van der Waals surface area contributed by atoms with Gasteiger partial charge in [-0.25, -0.2) is 0 Å². The largest absolute Gasteiger partial charge is 0.378 e. The van der Waals surface area contributed by atoms with Crippen molar-refractivity contribution in [2.24, 2.45) is 0 Å². The first-order valence-corrected chi connectivity index (χ1v) is 6.66. The molecule has 1 aliphatic heterocycles. The molecule has 1 aromatic heterocycles. The summed E-state index contributed by atoms with van der Waals surface area (Å²) in [6.45, 7) is 8.84. The number of hydrogen-bond donors (Lipinski definition) is 0. The lowest BCUT2D eigenvalue weighted by Crippen LogP contribution is -2.45. The molecule has 2 rings (SSSR count). The van der Waals surface area contributed by atoms with Crippen molar-refractivity contribution in [3.05, 3.63) is 23.0 Å². The van der Waals surface area contributed by atoms with Crippen LogP contribution in [-0.2, 0) is 4.74 Å². The van der Waals surface area contributed by atoms with Crippen LogP contribution in [0.2, 0.25) is 0 Å². The average molecular weight is 271 g/mol. The van der Waals surface area contributed by atoms with Gasteiger partial charge in [-0.15, -0.1) is 11.6 Å². The number of hydrogen-bond acceptors (Lipinski definition) is 3. The SMILES string of the molecule is Cc1cc(C(=O)C(C)Cl)c(C)n1N1CCOCC1. The van der Waals surface area contributed by atoms with Crippen LogP contribution in [-0.4, -0.2) is 42.1 Å². The summed E-state index contributed by atoms with van der Waals surface area (Å²) in [5.41, 5.74) is 2.75. The molecular weight excluding hydrogens is 252 g/mol. The summed E-state index contributed by atoms with van der Waals surface area (Å²) in [5, 5.41) is 1.73. The van der Waals surface area contributed by atoms with E-state index in [2.05, 4.69) is 9.69 Å². The monoisotopic (exact) mass is 270 g/mol. The second-order valence-corrected chi connectivity index (χ2v) is 5.30. The summed E-state index contributed by atoms with van der Waals surface area (Å²) in [6, 6.07) is 1.92. The van der Waals surface area contributed by atoms with Gasteiger partial charge in [-0.3, -0.25) is 9.47 Å². The van der Waals surface area contributed by atoms with Gasteiger partial charge in [-0.2, -0.15) is 0 Å². The number of Topliss-reactive ketones (excluding diaryl/α,β-unsaturated/α-hetero) is 1. The van der Waals surface area contributed by atoms with Gasteiger partial charge in [0.15, 0.2) is 5.78 Å². The lowest BCUT2D eigenvalue weighted by molar-refractivity contribution is 0.0990. The van der Waals surface area contributed by atoms with Crippen molar-refractivity contribution in [2.45, 2.75) is 26.1 Å². The van der Waals surface area contributed by atoms with Crippen LogP contribution >= 0.6 is 11.6 Å². The Balaban J connectivity index is 2.34. The van der Waals surface area contributed by atoms with E-state index in [0.29, 0.717) is 0 Å². The van der Waals surface area contributed by atoms with Crippen molar-refractivity contribution in [1.29, 1.82) is 0 Å². The maximum Gasteiger partial charge on any atom is 0.182 e. The quantitative estimate of drug-likeness (QED) is 0.621. The van der Waals surface area contributed by atoms with Gasteiger partial charge in [-0.1, -0.05) is 0 Å². The molecule has 1 unspecified atom stereocenters. The lowest BCUT2D eigenvalue weighted by Gasteiger charge is -2.32. The fraction of sp³-hybridized carbons (Fsp3) is 0.615. The molecule has 0 spiro atoms. The number of aryl methyl sites for hydroxylation is 1. The summed E-state index contributed by atoms with van der Waals surface area (Å²) < 4.78 is 7.46. The third kappa shape index (κ3) is 2.40. The van der Waals surface area contributed by atoms with E-state index in [-0.39, 0.29) is 5.78 Å². The third-order valence-electron chi connectivity index (χ3n) is 3.29. The minimum absolute atomic E-state index is 0.00993. The molecule has 0 aliphatic carbocycles. The van der Waals surface area contributed by atoms with Crippen molar-refractivity contribution in [3.63, 3.8) is 0 Å². The van der Waals surface area contributed by atoms with Gasteiger partial charge in [0.2, 0.25) is 0 Å². The van der Waals surface area contributed by atoms with Crippen LogP contribution in [0.1, 0.15) is 28.7 Å². The smallest absolute Gasteiger partial charge is 0.182 e. The highest BCUT2D eigenvalue weighted by Crippen LogP contribution is 2.19. The predicted molar refractivity (Wildman–Crippen MR) is 72.3 cm³/mol. The zero-order valence-electron chi connectivity index (χ0n) is 11.1. The predicted octanol–water partition coefficient (Wildman–Crippen LogP) is 1.88. The lowest BCUT2D eigenvalue weighted by atomic mass is 10.1. The summed E-state index contributed by atoms with van der Waals surface area (Å²) in [4.78, 5) is 12.0. The molecule has 0 bridgehead atoms. The van der Waals surface area contributed by atoms with E-state index in [1.165, 1.54) is 0 Å². The molecule has 2 heterocycles. The highest BCUT2D eigenvalue weighted by Gasteiger charge is 2.22. The standard InChI is InChI=1S/C13H19ClN2O2/c1-9-8-12(13(17)10(2)14)11(3)16(9)15-4-6-18-7-5-15/h8,10H,4-7H2,1-3H3. The molecule has 1 aromatic rings. The van der Waals surface area contributed by atoms with Crippen molar-refractivity contribution in [1.82, 2.24) is 4.68 Å². The Hall–Kier alpha value is -1.00. The maximum atomic E-state index is 12.0. The van der Waals surface area contributed by atoms with Gasteiger partial charge in [0.05, 0.1) is 31.7 Å². The molecule has 0 N–H and O–H groups in total. The number of alkyl halides is 1. The summed E-state index contributed by atoms with van der Waals surface area (Å²) in [6.07, 6.45) is 0. The molecule has 1 fully saturated rings. The molecule has 5 heteroatoms. The first kappa shape index (κ1) is 13.4. The van der Waals surface area contributed by atoms with Crippen LogP contribution in [0, 0.1) is 13.8 Å². The van der Waals surface area contributed by atoms with Crippen LogP contribution in [0.3, 0.4) is 0 Å². The number of ether oxygens (including phenoxy) is 1. The number of halogens is 1. The Morgan fingerprint density at radius 2 is 2.00 bits per heavy atom. The van der Waals surface area contributed by atoms with Crippen molar-refractivity contribution >= 4 is 17.4 Å². The molecule has 1 atom stereocenters. The summed E-state index contributed by atoms with van der Waals surface area (Å²) in [7, 11) is 0. The average Bonchev–Trinajstić information content (AvgIpc) is 2.65. The molecule has 100 valence electrons. The molecule has 4 nitrogen and oxygen atoms in total. The number of carbonyl (C=O) groups is 1. The highest BCUT2D eigenvalue weighted by molar-refractivity contribution is 6.33. The second kappa shape index (κ2) is 5.33. The normalized spacial score (nSPS) is 17.9. The van der Waals surface area contributed by atoms with E-state index in [1.807, 2.05) is 19.9 Å². The van der Waals surface area contributed by atoms with Gasteiger partial charge in [0.1, 0.15) is 0 Å². The number of nitrogens with zero attached hydrogens (tertiary/aromatic N) is 2. The number of aromatic nitrogens is 1. The molecule has 18 heavy (non-hydrogen) atoms. The third-order valence-corrected chi connectivity index (χ3v) is 3.49. The van der Waals surface area contributed by atoms with Crippen LogP contribution in [0.5, 0.6) is 0 Å². The van der Waals surface area contributed by atoms with E-state index in [4.69, 9.17) is 16.3 Å². The fourth-order valence-electron chi connectivity index (χ4n) is 2.41. The van der Waals surface area contributed by atoms with Crippen molar-refractivity contribution in [2.75, 3.05) is 31.3 Å². The molecule has 1 aliphatic rings. The van der Waals surface area contributed by atoms with Crippen LogP contribution < -0.4 is 5.01 Å².